The molecule has 2 saturated heterocycles. The molecular formula is C43H53N7O5. The lowest BCUT2D eigenvalue weighted by atomic mass is 9.92. The van der Waals surface area contributed by atoms with Crippen LogP contribution in [0.4, 0.5) is 5.82 Å². The van der Waals surface area contributed by atoms with Crippen molar-refractivity contribution in [3.8, 4) is 30.2 Å². The molecule has 1 saturated carbocycles. The Kier molecular flexibility index (Phi) is 12.6. The van der Waals surface area contributed by atoms with Crippen LogP contribution in [0.25, 0.3) is 10.8 Å². The van der Waals surface area contributed by atoms with Gasteiger partial charge in [-0.1, -0.05) is 37.5 Å². The van der Waals surface area contributed by atoms with E-state index in [9.17, 15) is 14.7 Å². The number of hydrogen-bond donors (Lipinski definition) is 1. The number of nitriles is 1. The smallest absolute Gasteiger partial charge is 0.318 e. The summed E-state index contributed by atoms with van der Waals surface area (Å²) in [5.41, 5.74) is 2.65. The minimum Gasteiger partial charge on any atom is -0.508 e. The first-order valence-corrected chi connectivity index (χ1v) is 19.4. The van der Waals surface area contributed by atoms with Gasteiger partial charge in [0, 0.05) is 82.8 Å². The summed E-state index contributed by atoms with van der Waals surface area (Å²) in [7, 11) is 3.53. The van der Waals surface area contributed by atoms with Crippen molar-refractivity contribution in [2.24, 2.45) is 11.3 Å². The molecule has 7 rings (SSSR count). The van der Waals surface area contributed by atoms with Crippen LogP contribution in [0.3, 0.4) is 0 Å². The number of ether oxygens (including phenoxy) is 2. The number of nitrogens with zero attached hydrogens (tertiary/aromatic N) is 7. The van der Waals surface area contributed by atoms with Gasteiger partial charge in [0.15, 0.2) is 0 Å². The summed E-state index contributed by atoms with van der Waals surface area (Å²) in [6, 6.07) is 11.1. The Bertz CT molecular complexity index is 1980. The third-order valence-corrected chi connectivity index (χ3v) is 11.3. The van der Waals surface area contributed by atoms with Gasteiger partial charge in [0.25, 0.3) is 0 Å². The number of likely N-dealkylation sites (tertiary alicyclic amines) is 1. The van der Waals surface area contributed by atoms with Crippen LogP contribution < -0.4 is 9.64 Å². The fraction of sp³-hybridized carbons (Fsp3) is 0.512. The van der Waals surface area contributed by atoms with Crippen LogP contribution in [0, 0.1) is 35.0 Å². The van der Waals surface area contributed by atoms with Crippen LogP contribution in [-0.4, -0.2) is 108 Å². The second-order valence-corrected chi connectivity index (χ2v) is 15.2. The fourth-order valence-corrected chi connectivity index (χ4v) is 7.95. The van der Waals surface area contributed by atoms with Crippen LogP contribution in [-0.2, 0) is 27.4 Å². The molecule has 290 valence electrons. The molecule has 0 bridgehead atoms. The summed E-state index contributed by atoms with van der Waals surface area (Å²) in [6.45, 7) is 9.48. The Morgan fingerprint density at radius 1 is 1.13 bits per heavy atom. The van der Waals surface area contributed by atoms with Crippen molar-refractivity contribution >= 4 is 28.4 Å². The number of anilines is 1. The normalized spacial score (nSPS) is 19.5. The lowest BCUT2D eigenvalue weighted by molar-refractivity contribution is -0.135. The number of fused-ring (bicyclic) bond motifs is 2. The SMILES string of the molecule is C#Cc1cccc2cc(O)cc(C3Cc4nc(OCC5(C(=O)N(C)C)CC5)nc(N5CCN(C(=O)/C=C/CN6CCC(CC)CC6)CC5)c4CO3)c12.CC#N. The molecule has 2 amide bonds. The Labute approximate surface area is 324 Å². The highest BCUT2D eigenvalue weighted by molar-refractivity contribution is 5.92. The van der Waals surface area contributed by atoms with Crippen LogP contribution in [0.1, 0.15) is 74.4 Å². The number of carbonyl (C=O) groups excluding carboxylic acids is 2. The number of piperidine rings is 1. The van der Waals surface area contributed by atoms with Gasteiger partial charge >= 0.3 is 6.01 Å². The highest BCUT2D eigenvalue weighted by Gasteiger charge is 2.51. The van der Waals surface area contributed by atoms with Crippen molar-refractivity contribution in [3.05, 3.63) is 64.9 Å². The van der Waals surface area contributed by atoms with Gasteiger partial charge in [-0.15, -0.1) is 6.42 Å². The van der Waals surface area contributed by atoms with E-state index in [1.54, 1.807) is 43.3 Å². The Morgan fingerprint density at radius 3 is 2.51 bits per heavy atom. The summed E-state index contributed by atoms with van der Waals surface area (Å²) in [6.07, 6.45) is 14.9. The second kappa shape index (κ2) is 17.5. The molecule has 0 spiro atoms. The lowest BCUT2D eigenvalue weighted by Crippen LogP contribution is -2.49. The van der Waals surface area contributed by atoms with Crippen LogP contribution in [0.5, 0.6) is 11.8 Å². The standard InChI is InChI=1S/C41H50N6O5.C2H3N/c1-5-28-12-17-45(18-13-28)16-8-11-36(49)46-19-21-47(22-20-46)38-33-26-51-35(32-24-31(48)23-30-10-7-9-29(6-2)37(30)32)25-34(33)42-40(43-38)52-27-41(14-15-41)39(50)44(3)4;1-2-3/h2,7-11,23-24,28,35,48H,5,12-22,25-27H2,1,3-4H3;1H3/b11-8+;. The Hall–Kier alpha value is -5.17. The maximum Gasteiger partial charge on any atom is 0.318 e. The van der Waals surface area contributed by atoms with Gasteiger partial charge in [0.1, 0.15) is 18.2 Å². The molecule has 4 aliphatic rings. The van der Waals surface area contributed by atoms with Gasteiger partial charge in [-0.25, -0.2) is 0 Å². The topological polar surface area (TPSA) is 135 Å². The number of amides is 2. The summed E-state index contributed by atoms with van der Waals surface area (Å²) in [5, 5.41) is 19.7. The third kappa shape index (κ3) is 9.04. The van der Waals surface area contributed by atoms with E-state index in [2.05, 4.69) is 22.6 Å². The molecule has 0 radical (unpaired) electrons. The zero-order valence-corrected chi connectivity index (χ0v) is 32.6. The molecule has 2 aromatic carbocycles. The van der Waals surface area contributed by atoms with E-state index < -0.39 is 11.5 Å². The highest BCUT2D eigenvalue weighted by atomic mass is 16.5. The molecule has 1 aromatic heterocycles. The summed E-state index contributed by atoms with van der Waals surface area (Å²) < 4.78 is 12.8. The first-order chi connectivity index (χ1) is 26.6. The van der Waals surface area contributed by atoms with Gasteiger partial charge in [0.2, 0.25) is 11.8 Å². The van der Waals surface area contributed by atoms with Crippen LogP contribution >= 0.6 is 0 Å². The molecule has 4 heterocycles. The maximum atomic E-state index is 13.2. The van der Waals surface area contributed by atoms with E-state index in [1.807, 2.05) is 29.2 Å². The molecule has 3 aliphatic heterocycles. The van der Waals surface area contributed by atoms with E-state index in [-0.39, 0.29) is 36.8 Å². The van der Waals surface area contributed by atoms with Crippen LogP contribution in [0.2, 0.25) is 0 Å². The van der Waals surface area contributed by atoms with Crippen molar-refractivity contribution < 1.29 is 24.2 Å². The van der Waals surface area contributed by atoms with E-state index in [0.29, 0.717) is 32.6 Å². The number of aromatic hydroxyl groups is 1. The summed E-state index contributed by atoms with van der Waals surface area (Å²) >= 11 is 0. The predicted octanol–water partition coefficient (Wildman–Crippen LogP) is 5.23. The number of aromatic nitrogens is 2. The molecule has 1 N–H and O–H groups in total. The molecular weight excluding hydrogens is 695 g/mol. The predicted molar refractivity (Wildman–Crippen MR) is 211 cm³/mol. The highest BCUT2D eigenvalue weighted by Crippen LogP contribution is 2.47. The lowest BCUT2D eigenvalue weighted by Gasteiger charge is -2.37. The van der Waals surface area contributed by atoms with Crippen molar-refractivity contribution in [1.82, 2.24) is 24.7 Å². The number of terminal acetylenes is 1. The molecule has 55 heavy (non-hydrogen) atoms. The van der Waals surface area contributed by atoms with Gasteiger partial charge in [-0.2, -0.15) is 15.2 Å². The first-order valence-electron chi connectivity index (χ1n) is 19.4. The number of hydrogen-bond acceptors (Lipinski definition) is 10. The number of carbonyl (C=O) groups is 2. The molecule has 1 atom stereocenters. The number of phenols is 1. The zero-order valence-electron chi connectivity index (χ0n) is 32.6. The van der Waals surface area contributed by atoms with E-state index in [0.717, 1.165) is 77.4 Å². The average molecular weight is 748 g/mol. The van der Waals surface area contributed by atoms with Gasteiger partial charge < -0.3 is 29.3 Å². The quantitative estimate of drug-likeness (QED) is 0.217. The van der Waals surface area contributed by atoms with Crippen molar-refractivity contribution in [3.63, 3.8) is 0 Å². The van der Waals surface area contributed by atoms with Crippen LogP contribution in [0.15, 0.2) is 42.5 Å². The Balaban J connectivity index is 0.00000166. The van der Waals surface area contributed by atoms with Crippen molar-refractivity contribution in [1.29, 1.82) is 5.26 Å². The number of piperazine rings is 1. The number of rotatable bonds is 10. The van der Waals surface area contributed by atoms with Crippen molar-refractivity contribution in [2.75, 3.05) is 71.4 Å². The third-order valence-electron chi connectivity index (χ3n) is 11.3. The molecule has 1 unspecified atom stereocenters. The average Bonchev–Trinajstić information content (AvgIpc) is 4.00. The number of phenolic OH excluding ortho intramolecular Hbond substituents is 1. The zero-order chi connectivity index (χ0) is 39.1. The first kappa shape index (κ1) is 39.5. The minimum absolute atomic E-state index is 0.0352. The summed E-state index contributed by atoms with van der Waals surface area (Å²) in [4.78, 5) is 44.1. The Morgan fingerprint density at radius 2 is 1.85 bits per heavy atom. The fourth-order valence-electron chi connectivity index (χ4n) is 7.95. The molecule has 3 fully saturated rings. The molecule has 3 aromatic rings. The summed E-state index contributed by atoms with van der Waals surface area (Å²) in [5.74, 6) is 4.57. The van der Waals surface area contributed by atoms with Gasteiger partial charge in [-0.3, -0.25) is 14.5 Å². The molecule has 1 aliphatic carbocycles. The van der Waals surface area contributed by atoms with Gasteiger partial charge in [0.05, 0.1) is 29.9 Å². The second-order valence-electron chi connectivity index (χ2n) is 15.2. The van der Waals surface area contributed by atoms with Crippen molar-refractivity contribution in [2.45, 2.75) is 65.1 Å². The number of benzene rings is 2. The van der Waals surface area contributed by atoms with Gasteiger partial charge in [-0.05, 0) is 73.8 Å². The monoisotopic (exact) mass is 747 g/mol. The minimum atomic E-state index is -0.549. The molecule has 12 nitrogen and oxygen atoms in total. The van der Waals surface area contributed by atoms with E-state index in [4.69, 9.17) is 31.1 Å². The molecule has 12 heteroatoms. The largest absolute Gasteiger partial charge is 0.508 e. The maximum absolute atomic E-state index is 13.2. The van der Waals surface area contributed by atoms with E-state index in [1.165, 1.54) is 26.2 Å². The van der Waals surface area contributed by atoms with E-state index >= 15 is 0 Å².